The van der Waals surface area contributed by atoms with Gasteiger partial charge in [0.15, 0.2) is 5.78 Å². The van der Waals surface area contributed by atoms with Crippen LogP contribution >= 0.6 is 11.8 Å². The molecule has 15 heteroatoms. The number of carbonyl (C=O) groups is 6. The third-order valence-electron chi connectivity index (χ3n) is 12.4. The first-order chi connectivity index (χ1) is 27.7. The van der Waals surface area contributed by atoms with Crippen molar-refractivity contribution in [2.75, 3.05) is 25.7 Å². The van der Waals surface area contributed by atoms with Crippen molar-refractivity contribution >= 4 is 47.3 Å². The highest BCUT2D eigenvalue weighted by atomic mass is 32.2. The van der Waals surface area contributed by atoms with E-state index in [1.54, 1.807) is 46.8 Å². The van der Waals surface area contributed by atoms with Crippen LogP contribution in [0.5, 0.6) is 5.75 Å². The van der Waals surface area contributed by atoms with E-state index in [0.717, 1.165) is 16.9 Å². The average molecular weight is 836 g/mol. The number of hydrogen-bond donors (Lipinski definition) is 5. The lowest BCUT2D eigenvalue weighted by molar-refractivity contribution is -0.188. The Bertz CT molecular complexity index is 1870. The Balaban J connectivity index is 1.40. The second kappa shape index (κ2) is 18.0. The molecule has 59 heavy (non-hydrogen) atoms. The maximum Gasteiger partial charge on any atom is 0.417 e. The van der Waals surface area contributed by atoms with Crippen LogP contribution in [-0.4, -0.2) is 101 Å². The van der Waals surface area contributed by atoms with Gasteiger partial charge >= 0.3 is 12.1 Å². The van der Waals surface area contributed by atoms with Gasteiger partial charge in [-0.2, -0.15) is 11.8 Å². The Hall–Kier alpha value is -4.47. The van der Waals surface area contributed by atoms with E-state index in [1.807, 2.05) is 36.6 Å². The van der Waals surface area contributed by atoms with Gasteiger partial charge < -0.3 is 36.7 Å². The molecule has 0 heterocycles. The number of imide groups is 1. The fraction of sp³-hybridized carbons (Fsp3) is 0.591. The number of nitrogens with two attached hydrogens (primary N) is 2. The second-order valence-corrected chi connectivity index (χ2v) is 19.2. The Morgan fingerprint density at radius 3 is 2.12 bits per heavy atom. The molecule has 14 nitrogen and oxygen atoms in total. The number of amides is 4. The quantitative estimate of drug-likeness (QED) is 0.152. The van der Waals surface area contributed by atoms with E-state index in [-0.39, 0.29) is 36.2 Å². The summed E-state index contributed by atoms with van der Waals surface area (Å²) in [6.45, 7) is 7.72. The first-order valence-corrected chi connectivity index (χ1v) is 21.7. The molecule has 2 aromatic rings. The lowest BCUT2D eigenvalue weighted by atomic mass is 9.41. The number of phenols is 1. The third-order valence-corrected chi connectivity index (χ3v) is 13.0. The van der Waals surface area contributed by atoms with Gasteiger partial charge in [-0.3, -0.25) is 24.0 Å². The topological polar surface area (TPSA) is 220 Å². The van der Waals surface area contributed by atoms with Crippen molar-refractivity contribution in [2.45, 2.75) is 114 Å². The molecule has 322 valence electrons. The Labute approximate surface area is 351 Å². The molecular formula is C44H61N5O9S. The lowest BCUT2D eigenvalue weighted by Crippen LogP contribution is -2.72. The summed E-state index contributed by atoms with van der Waals surface area (Å²) in [6, 6.07) is 11.5. The number of Topliss-reactive ketones (excluding diaryl/α,β-unsaturated/α-hetero) is 1. The number of methoxy groups -OCH3 is 1. The summed E-state index contributed by atoms with van der Waals surface area (Å²) in [6.07, 6.45) is 4.00. The summed E-state index contributed by atoms with van der Waals surface area (Å²) in [5, 5.41) is 15.3. The standard InChI is InChI=1S/C44H61N5O9S/c1-41(2,3)58-40(56)49(38(54)36(45)42(4,5)29-13-15-30(50)16-14-29)32(17-18-59-7)37(53)47-25-33(51)48-31(20-26-11-9-8-10-12-26)34(52)35-43(39(55)57-6)21-27-19-28(22-43)24-44(35,46)23-27/h8-16,27-28,31-32,35-36,50H,17-25,45-46H2,1-7H3,(H,47,53)(H,48,51)/t27?,28?,31-,32+,35?,36?,43?,44?/m0/s1. The summed E-state index contributed by atoms with van der Waals surface area (Å²) >= 11 is 1.39. The fourth-order valence-electron chi connectivity index (χ4n) is 9.91. The number of phenolic OH excluding ortho intramolecular Hbond substituents is 1. The van der Waals surface area contributed by atoms with Crippen LogP contribution in [0.4, 0.5) is 4.79 Å². The molecule has 0 saturated heterocycles. The van der Waals surface area contributed by atoms with Crippen LogP contribution < -0.4 is 22.1 Å². The Morgan fingerprint density at radius 2 is 1.56 bits per heavy atom. The van der Waals surface area contributed by atoms with E-state index in [4.69, 9.17) is 20.9 Å². The van der Waals surface area contributed by atoms with Gasteiger partial charge in [0.2, 0.25) is 17.7 Å². The van der Waals surface area contributed by atoms with Crippen LogP contribution in [0.1, 0.15) is 84.3 Å². The first-order valence-electron chi connectivity index (χ1n) is 20.3. The van der Waals surface area contributed by atoms with E-state index in [0.29, 0.717) is 37.0 Å². The highest BCUT2D eigenvalue weighted by Gasteiger charge is 2.68. The van der Waals surface area contributed by atoms with E-state index < -0.39 is 82.3 Å². The molecule has 7 N–H and O–H groups in total. The summed E-state index contributed by atoms with van der Waals surface area (Å²) in [7, 11) is 1.33. The molecule has 0 aromatic heterocycles. The summed E-state index contributed by atoms with van der Waals surface area (Å²) in [5.41, 5.74) is 10.9. The zero-order chi connectivity index (χ0) is 43.5. The maximum atomic E-state index is 14.9. The number of nitrogens with one attached hydrogen (secondary N) is 2. The van der Waals surface area contributed by atoms with Gasteiger partial charge in [-0.1, -0.05) is 56.3 Å². The van der Waals surface area contributed by atoms with E-state index >= 15 is 0 Å². The van der Waals surface area contributed by atoms with Gasteiger partial charge in [-0.15, -0.1) is 0 Å². The van der Waals surface area contributed by atoms with Crippen molar-refractivity contribution < 1.29 is 43.3 Å². The van der Waals surface area contributed by atoms with E-state index in [2.05, 4.69) is 10.6 Å². The number of nitrogens with zero attached hydrogens (tertiary/aromatic N) is 1. The molecule has 4 bridgehead atoms. The molecule has 4 amide bonds. The van der Waals surface area contributed by atoms with Crippen molar-refractivity contribution in [1.82, 2.24) is 15.5 Å². The minimum absolute atomic E-state index is 0.0128. The number of thioether (sulfide) groups is 1. The van der Waals surface area contributed by atoms with Crippen LogP contribution in [0.3, 0.4) is 0 Å². The van der Waals surface area contributed by atoms with Crippen molar-refractivity contribution in [2.24, 2.45) is 34.6 Å². The number of ketones is 1. The number of rotatable bonds is 16. The molecule has 4 saturated carbocycles. The average Bonchev–Trinajstić information content (AvgIpc) is 3.16. The summed E-state index contributed by atoms with van der Waals surface area (Å²) < 4.78 is 11.0. The summed E-state index contributed by atoms with van der Waals surface area (Å²) in [4.78, 5) is 85.5. The van der Waals surface area contributed by atoms with E-state index in [1.165, 1.54) is 31.0 Å². The Morgan fingerprint density at radius 1 is 0.949 bits per heavy atom. The number of aromatic hydroxyl groups is 1. The minimum atomic E-state index is -1.42. The predicted molar refractivity (Wildman–Crippen MR) is 224 cm³/mol. The van der Waals surface area contributed by atoms with Crippen LogP contribution in [0.2, 0.25) is 0 Å². The molecule has 0 radical (unpaired) electrons. The van der Waals surface area contributed by atoms with Crippen molar-refractivity contribution in [3.8, 4) is 5.75 Å². The third kappa shape index (κ3) is 9.95. The second-order valence-electron chi connectivity index (χ2n) is 18.3. The number of carbonyl (C=O) groups excluding carboxylic acids is 6. The van der Waals surface area contributed by atoms with Gasteiger partial charge in [0, 0.05) is 11.0 Å². The zero-order valence-corrected chi connectivity index (χ0v) is 36.1. The number of esters is 1. The Kier molecular flexibility index (Phi) is 13.9. The minimum Gasteiger partial charge on any atom is -0.508 e. The lowest BCUT2D eigenvalue weighted by Gasteiger charge is -2.63. The van der Waals surface area contributed by atoms with E-state index in [9.17, 15) is 33.9 Å². The van der Waals surface area contributed by atoms with Crippen LogP contribution in [0, 0.1) is 23.2 Å². The normalized spacial score (nSPS) is 24.9. The molecule has 4 unspecified atom stereocenters. The van der Waals surface area contributed by atoms with Gasteiger partial charge in [0.1, 0.15) is 17.4 Å². The molecule has 4 aliphatic carbocycles. The van der Waals surface area contributed by atoms with Crippen molar-refractivity contribution in [1.29, 1.82) is 0 Å². The summed E-state index contributed by atoms with van der Waals surface area (Å²) in [5.74, 6) is -3.30. The molecule has 0 aliphatic heterocycles. The van der Waals surface area contributed by atoms with Crippen LogP contribution in [0.15, 0.2) is 54.6 Å². The van der Waals surface area contributed by atoms with Crippen molar-refractivity contribution in [3.05, 3.63) is 65.7 Å². The number of benzene rings is 2. The van der Waals surface area contributed by atoms with Gasteiger partial charge in [-0.25, -0.2) is 9.69 Å². The highest BCUT2D eigenvalue weighted by Crippen LogP contribution is 2.64. The highest BCUT2D eigenvalue weighted by molar-refractivity contribution is 7.98. The smallest absolute Gasteiger partial charge is 0.417 e. The zero-order valence-electron chi connectivity index (χ0n) is 35.2. The monoisotopic (exact) mass is 835 g/mol. The molecule has 0 spiro atoms. The predicted octanol–water partition coefficient (Wildman–Crippen LogP) is 3.99. The molecule has 6 atom stereocenters. The van der Waals surface area contributed by atoms with Gasteiger partial charge in [0.25, 0.3) is 0 Å². The maximum absolute atomic E-state index is 14.9. The molecule has 6 rings (SSSR count). The molecule has 4 aliphatic rings. The largest absolute Gasteiger partial charge is 0.508 e. The van der Waals surface area contributed by atoms with Crippen LogP contribution in [-0.2, 0) is 45.3 Å². The molecule has 2 aromatic carbocycles. The molecule has 4 fully saturated rings. The van der Waals surface area contributed by atoms with Gasteiger partial charge in [0.05, 0.1) is 37.1 Å². The fourth-order valence-corrected chi connectivity index (χ4v) is 10.4. The first kappa shape index (κ1) is 45.6. The van der Waals surface area contributed by atoms with Crippen molar-refractivity contribution in [3.63, 3.8) is 0 Å². The SMILES string of the molecule is COC(=O)C12CC3CC(CC(N)(C3)C1C(=O)[C@H](Cc1ccccc1)NC(=O)CNC(=O)[C@@H](CCSC)N(C(=O)OC(C)(C)C)C(=O)C(N)C(C)(C)c1ccc(O)cc1)C2. The molecular weight excluding hydrogens is 775 g/mol. The number of ether oxygens (including phenoxy) is 2. The van der Waals surface area contributed by atoms with Crippen LogP contribution in [0.25, 0.3) is 0 Å². The number of hydrogen-bond acceptors (Lipinski definition) is 12. The van der Waals surface area contributed by atoms with Gasteiger partial charge in [-0.05, 0) is 113 Å².